The van der Waals surface area contributed by atoms with Crippen LogP contribution in [-0.4, -0.2) is 61.6 Å². The maximum atomic E-state index is 13.4. The van der Waals surface area contributed by atoms with Crippen molar-refractivity contribution in [3.05, 3.63) is 17.6 Å². The van der Waals surface area contributed by atoms with E-state index in [1.807, 2.05) is 0 Å². The Bertz CT molecular complexity index is 1140. The average molecular weight is 564 g/mol. The lowest BCUT2D eigenvalue weighted by atomic mass is 9.89. The molecule has 2 atom stereocenters. The molecule has 2 heterocycles. The van der Waals surface area contributed by atoms with Crippen molar-refractivity contribution < 1.29 is 40.8 Å². The highest BCUT2D eigenvalue weighted by atomic mass is 19.4. The molecule has 4 rings (SSSR count). The molecule has 2 aromatic rings. The van der Waals surface area contributed by atoms with Crippen molar-refractivity contribution in [3.8, 4) is 0 Å². The lowest BCUT2D eigenvalue weighted by Crippen LogP contribution is -2.51. The van der Waals surface area contributed by atoms with Gasteiger partial charge in [0, 0.05) is 12.5 Å². The third-order valence-corrected chi connectivity index (χ3v) is 6.42. The number of amides is 2. The summed E-state index contributed by atoms with van der Waals surface area (Å²) in [6.45, 7) is 3.49. The Morgan fingerprint density at radius 2 is 1.79 bits per heavy atom. The van der Waals surface area contributed by atoms with E-state index in [-0.39, 0.29) is 29.3 Å². The molecule has 39 heavy (non-hydrogen) atoms. The Kier molecular flexibility index (Phi) is 8.12. The van der Waals surface area contributed by atoms with Gasteiger partial charge in [-0.15, -0.1) is 5.10 Å². The first-order valence-electron chi connectivity index (χ1n) is 12.6. The fraction of sp³-hybridized carbons (Fsp3) is 0.739. The van der Waals surface area contributed by atoms with Crippen LogP contribution in [0.5, 0.6) is 0 Å². The summed E-state index contributed by atoms with van der Waals surface area (Å²) >= 11 is 0. The van der Waals surface area contributed by atoms with E-state index in [0.29, 0.717) is 4.68 Å². The number of aromatic nitrogens is 5. The minimum Gasteiger partial charge on any atom is -0.444 e. The quantitative estimate of drug-likeness (QED) is 0.387. The van der Waals surface area contributed by atoms with E-state index >= 15 is 0 Å². The normalized spacial score (nSPS) is 17.8. The summed E-state index contributed by atoms with van der Waals surface area (Å²) in [6, 6.07) is 0.176. The predicted octanol–water partition coefficient (Wildman–Crippen LogP) is 4.28. The van der Waals surface area contributed by atoms with Crippen molar-refractivity contribution in [1.82, 2.24) is 30.7 Å². The Morgan fingerprint density at radius 3 is 2.33 bits per heavy atom. The van der Waals surface area contributed by atoms with Gasteiger partial charge in [0.1, 0.15) is 18.2 Å². The number of ether oxygens (including phenoxy) is 1. The van der Waals surface area contributed by atoms with Crippen molar-refractivity contribution in [1.29, 1.82) is 0 Å². The predicted molar refractivity (Wildman–Crippen MR) is 124 cm³/mol. The van der Waals surface area contributed by atoms with Gasteiger partial charge in [0.15, 0.2) is 5.82 Å². The van der Waals surface area contributed by atoms with Gasteiger partial charge in [0.2, 0.25) is 18.2 Å². The Balaban J connectivity index is 1.54. The maximum Gasteiger partial charge on any atom is 0.408 e. The summed E-state index contributed by atoms with van der Waals surface area (Å²) in [5.41, 5.74) is -0.984. The van der Waals surface area contributed by atoms with Crippen LogP contribution in [0.25, 0.3) is 0 Å². The van der Waals surface area contributed by atoms with E-state index in [1.165, 1.54) is 0 Å². The van der Waals surface area contributed by atoms with Gasteiger partial charge in [0.05, 0.1) is 11.6 Å². The van der Waals surface area contributed by atoms with Gasteiger partial charge in [-0.05, 0) is 74.6 Å². The van der Waals surface area contributed by atoms with Gasteiger partial charge in [-0.25, -0.2) is 18.3 Å². The summed E-state index contributed by atoms with van der Waals surface area (Å²) < 4.78 is 76.4. The molecule has 16 heteroatoms. The van der Waals surface area contributed by atoms with Crippen molar-refractivity contribution in [2.24, 2.45) is 17.8 Å². The van der Waals surface area contributed by atoms with Crippen molar-refractivity contribution in [3.63, 3.8) is 0 Å². The number of alkyl carbamates (subject to hydrolysis) is 1. The molecular formula is C23H30F5N7O4. The van der Waals surface area contributed by atoms with Crippen molar-refractivity contribution >= 4 is 17.9 Å². The van der Waals surface area contributed by atoms with Crippen LogP contribution in [0.2, 0.25) is 0 Å². The van der Waals surface area contributed by atoms with Gasteiger partial charge in [-0.1, -0.05) is 5.16 Å². The fourth-order valence-electron chi connectivity index (χ4n) is 4.65. The number of anilines is 1. The topological polar surface area (TPSA) is 137 Å². The van der Waals surface area contributed by atoms with Crippen LogP contribution in [0, 0.1) is 17.8 Å². The summed E-state index contributed by atoms with van der Waals surface area (Å²) in [5, 5.41) is 18.8. The van der Waals surface area contributed by atoms with Crippen LogP contribution in [-0.2, 0) is 16.1 Å². The second-order valence-corrected chi connectivity index (χ2v) is 11.0. The minimum atomic E-state index is -4.70. The molecule has 0 saturated heterocycles. The second-order valence-electron chi connectivity index (χ2n) is 11.0. The average Bonchev–Trinajstić information content (AvgIpc) is 3.71. The highest BCUT2D eigenvalue weighted by molar-refractivity contribution is 5.96. The number of halogens is 5. The van der Waals surface area contributed by atoms with E-state index in [4.69, 9.17) is 9.26 Å². The monoisotopic (exact) mass is 563 g/mol. The maximum absolute atomic E-state index is 13.4. The molecule has 0 bridgehead atoms. The molecule has 2 fully saturated rings. The number of nitrogens with zero attached hydrogens (tertiary/aromatic N) is 5. The van der Waals surface area contributed by atoms with Gasteiger partial charge in [-0.3, -0.25) is 10.1 Å². The number of carbonyl (C=O) groups is 2. The van der Waals surface area contributed by atoms with Crippen LogP contribution < -0.4 is 10.6 Å². The number of rotatable bonds is 11. The van der Waals surface area contributed by atoms with Crippen LogP contribution >= 0.6 is 0 Å². The van der Waals surface area contributed by atoms with E-state index in [1.54, 1.807) is 20.8 Å². The molecule has 11 nitrogen and oxygen atoms in total. The fourth-order valence-corrected chi connectivity index (χ4v) is 4.65. The molecule has 2 N–H and O–H groups in total. The molecule has 0 aromatic carbocycles. The third-order valence-electron chi connectivity index (χ3n) is 6.42. The Morgan fingerprint density at radius 1 is 1.15 bits per heavy atom. The molecular weight excluding hydrogens is 533 g/mol. The molecule has 2 aliphatic rings. The van der Waals surface area contributed by atoms with Crippen LogP contribution in [0.3, 0.4) is 0 Å². The standard InChI is InChI=1S/C23H30F5N7O4/c1-22(2,3)38-21(37)30-18(17(11-4-5-11)12-6-7-12)20(36)29-16-9-14(32-39-16)13(8-15(24)25)19-31-33-34-35(19)10-23(26,27)28/h9,11-13,15,17-18H,4-8,10H2,1-3H3,(H,29,36)(H,30,37)/t13?,18-/m0/s1. The SMILES string of the molecule is CC(C)(C)OC(=O)N[C@H](C(=O)Nc1cc(C(CC(F)F)c2nnnn2CC(F)(F)F)no1)C(C1CC1)C1CC1. The van der Waals surface area contributed by atoms with Crippen molar-refractivity contribution in [2.45, 2.75) is 89.6 Å². The molecule has 2 saturated carbocycles. The zero-order valence-electron chi connectivity index (χ0n) is 21.5. The molecule has 1 unspecified atom stereocenters. The molecule has 2 aliphatic carbocycles. The summed E-state index contributed by atoms with van der Waals surface area (Å²) in [7, 11) is 0. The first kappa shape index (κ1) is 28.7. The Hall–Kier alpha value is -3.33. The number of alkyl halides is 5. The molecule has 0 aliphatic heterocycles. The molecule has 216 valence electrons. The van der Waals surface area contributed by atoms with Crippen molar-refractivity contribution in [2.75, 3.05) is 5.32 Å². The lowest BCUT2D eigenvalue weighted by molar-refractivity contribution is -0.143. The summed E-state index contributed by atoms with van der Waals surface area (Å²) in [4.78, 5) is 25.9. The first-order chi connectivity index (χ1) is 18.2. The zero-order valence-corrected chi connectivity index (χ0v) is 21.5. The Labute approximate surface area is 220 Å². The third kappa shape index (κ3) is 8.08. The van der Waals surface area contributed by atoms with Crippen LogP contribution in [0.15, 0.2) is 10.6 Å². The van der Waals surface area contributed by atoms with Crippen LogP contribution in [0.1, 0.15) is 70.3 Å². The van der Waals surface area contributed by atoms with Gasteiger partial charge in [-0.2, -0.15) is 13.2 Å². The largest absolute Gasteiger partial charge is 0.444 e. The molecule has 2 aromatic heterocycles. The van der Waals surface area contributed by atoms with E-state index < -0.39 is 61.0 Å². The van der Waals surface area contributed by atoms with Gasteiger partial charge in [0.25, 0.3) is 0 Å². The zero-order chi connectivity index (χ0) is 28.5. The first-order valence-corrected chi connectivity index (χ1v) is 12.6. The highest BCUT2D eigenvalue weighted by Gasteiger charge is 2.49. The smallest absolute Gasteiger partial charge is 0.408 e. The number of tetrazole rings is 1. The summed E-state index contributed by atoms with van der Waals surface area (Å²) in [6.07, 6.45) is -5.62. The number of carbonyl (C=O) groups excluding carboxylic acids is 2. The number of hydrogen-bond acceptors (Lipinski definition) is 8. The van der Waals surface area contributed by atoms with Crippen LogP contribution in [0.4, 0.5) is 32.6 Å². The number of nitrogens with one attached hydrogen (secondary N) is 2. The molecule has 0 radical (unpaired) electrons. The lowest BCUT2D eigenvalue weighted by Gasteiger charge is -2.28. The van der Waals surface area contributed by atoms with Gasteiger partial charge >= 0.3 is 12.3 Å². The van der Waals surface area contributed by atoms with E-state index in [0.717, 1.165) is 31.7 Å². The van der Waals surface area contributed by atoms with E-state index in [2.05, 4.69) is 31.3 Å². The highest BCUT2D eigenvalue weighted by Crippen LogP contribution is 2.51. The van der Waals surface area contributed by atoms with E-state index in [9.17, 15) is 31.5 Å². The minimum absolute atomic E-state index is 0.126. The second kappa shape index (κ2) is 11.0. The van der Waals surface area contributed by atoms with Gasteiger partial charge < -0.3 is 14.6 Å². The number of hydrogen-bond donors (Lipinski definition) is 2. The summed E-state index contributed by atoms with van der Waals surface area (Å²) in [5.74, 6) is -2.37. The molecule has 2 amide bonds. The molecule has 0 spiro atoms.